The van der Waals surface area contributed by atoms with Crippen LogP contribution in [0.1, 0.15) is 44.7 Å². The van der Waals surface area contributed by atoms with Gasteiger partial charge in [-0.25, -0.2) is 0 Å². The van der Waals surface area contributed by atoms with Gasteiger partial charge in [0.05, 0.1) is 0 Å². The molecule has 102 valence electrons. The molecule has 4 nitrogen and oxygen atoms in total. The van der Waals surface area contributed by atoms with Crippen LogP contribution in [0.4, 0.5) is 0 Å². The molecule has 1 aliphatic rings. The summed E-state index contributed by atoms with van der Waals surface area (Å²) in [6.45, 7) is 2.36. The lowest BCUT2D eigenvalue weighted by Crippen LogP contribution is -2.42. The van der Waals surface area contributed by atoms with Crippen LogP contribution in [-0.2, 0) is 13.5 Å². The SMILES string of the molecule is CC1CCC(C(CCc2ccnn2C)NN)CC1. The van der Waals surface area contributed by atoms with E-state index in [2.05, 4.69) is 23.5 Å². The minimum atomic E-state index is 0.451. The second-order valence-corrected chi connectivity index (χ2v) is 5.78. The molecule has 0 bridgehead atoms. The quantitative estimate of drug-likeness (QED) is 0.621. The summed E-state index contributed by atoms with van der Waals surface area (Å²) < 4.78 is 1.95. The first-order valence-corrected chi connectivity index (χ1v) is 7.13. The van der Waals surface area contributed by atoms with Crippen LogP contribution in [0.2, 0.25) is 0 Å². The average Bonchev–Trinajstić information content (AvgIpc) is 2.78. The van der Waals surface area contributed by atoms with Crippen LogP contribution < -0.4 is 11.3 Å². The third kappa shape index (κ3) is 3.33. The molecule has 0 spiro atoms. The fourth-order valence-electron chi connectivity index (χ4n) is 3.09. The van der Waals surface area contributed by atoms with Crippen LogP contribution in [0.5, 0.6) is 0 Å². The first kappa shape index (κ1) is 13.6. The van der Waals surface area contributed by atoms with Gasteiger partial charge in [0.15, 0.2) is 0 Å². The number of hydrazine groups is 1. The zero-order valence-corrected chi connectivity index (χ0v) is 11.6. The lowest BCUT2D eigenvalue weighted by Gasteiger charge is -2.32. The van der Waals surface area contributed by atoms with Crippen molar-refractivity contribution in [3.05, 3.63) is 18.0 Å². The molecular formula is C14H26N4. The summed E-state index contributed by atoms with van der Waals surface area (Å²) in [5, 5.41) is 4.21. The predicted molar refractivity (Wildman–Crippen MR) is 73.8 cm³/mol. The van der Waals surface area contributed by atoms with Gasteiger partial charge in [0.2, 0.25) is 0 Å². The van der Waals surface area contributed by atoms with Crippen molar-refractivity contribution in [3.8, 4) is 0 Å². The summed E-state index contributed by atoms with van der Waals surface area (Å²) in [5.74, 6) is 7.39. The number of hydrogen-bond donors (Lipinski definition) is 2. The highest BCUT2D eigenvalue weighted by atomic mass is 15.3. The van der Waals surface area contributed by atoms with Gasteiger partial charge in [0, 0.05) is 25.0 Å². The van der Waals surface area contributed by atoms with Crippen molar-refractivity contribution in [1.29, 1.82) is 0 Å². The molecule has 0 radical (unpaired) electrons. The van der Waals surface area contributed by atoms with E-state index >= 15 is 0 Å². The number of nitrogens with one attached hydrogen (secondary N) is 1. The highest BCUT2D eigenvalue weighted by molar-refractivity contribution is 5.00. The van der Waals surface area contributed by atoms with Gasteiger partial charge in [-0.15, -0.1) is 0 Å². The predicted octanol–water partition coefficient (Wildman–Crippen LogP) is 2.01. The standard InChI is InChI=1S/C14H26N4/c1-11-3-5-12(6-4-11)14(17-15)8-7-13-9-10-16-18(13)2/h9-12,14,17H,3-8,15H2,1-2H3. The summed E-state index contributed by atoms with van der Waals surface area (Å²) in [6, 6.07) is 2.55. The smallest absolute Gasteiger partial charge is 0.0492 e. The maximum absolute atomic E-state index is 5.74. The van der Waals surface area contributed by atoms with E-state index in [1.165, 1.54) is 31.4 Å². The highest BCUT2D eigenvalue weighted by Gasteiger charge is 2.25. The molecule has 1 saturated carbocycles. The highest BCUT2D eigenvalue weighted by Crippen LogP contribution is 2.31. The molecule has 18 heavy (non-hydrogen) atoms. The van der Waals surface area contributed by atoms with E-state index in [0.29, 0.717) is 6.04 Å². The molecule has 1 aliphatic carbocycles. The van der Waals surface area contributed by atoms with Gasteiger partial charge in [-0.2, -0.15) is 5.10 Å². The Balaban J connectivity index is 1.84. The van der Waals surface area contributed by atoms with Crippen molar-refractivity contribution in [2.24, 2.45) is 24.7 Å². The molecule has 0 aromatic carbocycles. The van der Waals surface area contributed by atoms with Gasteiger partial charge in [-0.3, -0.25) is 16.0 Å². The van der Waals surface area contributed by atoms with E-state index in [-0.39, 0.29) is 0 Å². The van der Waals surface area contributed by atoms with Crippen molar-refractivity contribution < 1.29 is 0 Å². The molecule has 3 N–H and O–H groups in total. The van der Waals surface area contributed by atoms with Gasteiger partial charge in [0.25, 0.3) is 0 Å². The molecule has 1 heterocycles. The molecule has 1 atom stereocenters. The summed E-state index contributed by atoms with van der Waals surface area (Å²) >= 11 is 0. The van der Waals surface area contributed by atoms with Gasteiger partial charge in [-0.05, 0) is 43.6 Å². The lowest BCUT2D eigenvalue weighted by atomic mass is 9.78. The summed E-state index contributed by atoms with van der Waals surface area (Å²) in [5.41, 5.74) is 4.33. The number of aryl methyl sites for hydroxylation is 2. The number of rotatable bonds is 5. The van der Waals surface area contributed by atoms with Crippen LogP contribution in [0.25, 0.3) is 0 Å². The topological polar surface area (TPSA) is 55.9 Å². The zero-order chi connectivity index (χ0) is 13.0. The Kier molecular flexibility index (Phi) is 4.78. The van der Waals surface area contributed by atoms with Crippen molar-refractivity contribution in [3.63, 3.8) is 0 Å². The van der Waals surface area contributed by atoms with Crippen molar-refractivity contribution in [2.75, 3.05) is 0 Å². The van der Waals surface area contributed by atoms with E-state index in [0.717, 1.165) is 24.7 Å². The van der Waals surface area contributed by atoms with Crippen molar-refractivity contribution in [1.82, 2.24) is 15.2 Å². The number of nitrogens with zero attached hydrogens (tertiary/aromatic N) is 2. The fraction of sp³-hybridized carbons (Fsp3) is 0.786. The normalized spacial score (nSPS) is 26.2. The van der Waals surface area contributed by atoms with E-state index in [1.54, 1.807) is 0 Å². The van der Waals surface area contributed by atoms with Crippen LogP contribution in [0.3, 0.4) is 0 Å². The summed E-state index contributed by atoms with van der Waals surface area (Å²) in [7, 11) is 2.00. The van der Waals surface area contributed by atoms with Gasteiger partial charge in [0.1, 0.15) is 0 Å². The molecule has 0 aliphatic heterocycles. The Bertz CT molecular complexity index is 352. The monoisotopic (exact) mass is 250 g/mol. The molecule has 2 rings (SSSR count). The van der Waals surface area contributed by atoms with Crippen molar-refractivity contribution >= 4 is 0 Å². The largest absolute Gasteiger partial charge is 0.273 e. The van der Waals surface area contributed by atoms with Crippen LogP contribution >= 0.6 is 0 Å². The number of aromatic nitrogens is 2. The number of nitrogens with two attached hydrogens (primary N) is 1. The Morgan fingerprint density at radius 3 is 2.72 bits per heavy atom. The second-order valence-electron chi connectivity index (χ2n) is 5.78. The first-order chi connectivity index (χ1) is 8.70. The van der Waals surface area contributed by atoms with Crippen molar-refractivity contribution in [2.45, 2.75) is 51.5 Å². The van der Waals surface area contributed by atoms with E-state index in [9.17, 15) is 0 Å². The first-order valence-electron chi connectivity index (χ1n) is 7.13. The minimum Gasteiger partial charge on any atom is -0.273 e. The molecule has 1 unspecified atom stereocenters. The molecule has 0 amide bonds. The van der Waals surface area contributed by atoms with Crippen LogP contribution in [-0.4, -0.2) is 15.8 Å². The van der Waals surface area contributed by atoms with E-state index in [4.69, 9.17) is 5.84 Å². The third-order valence-corrected chi connectivity index (χ3v) is 4.48. The zero-order valence-electron chi connectivity index (χ0n) is 11.6. The molecule has 1 aromatic heterocycles. The Hall–Kier alpha value is -0.870. The van der Waals surface area contributed by atoms with Crippen LogP contribution in [0, 0.1) is 11.8 Å². The third-order valence-electron chi connectivity index (χ3n) is 4.48. The molecule has 1 aromatic rings. The molecular weight excluding hydrogens is 224 g/mol. The van der Waals surface area contributed by atoms with Gasteiger partial charge < -0.3 is 0 Å². The number of hydrogen-bond acceptors (Lipinski definition) is 3. The van der Waals surface area contributed by atoms with Gasteiger partial charge in [-0.1, -0.05) is 19.8 Å². The van der Waals surface area contributed by atoms with Gasteiger partial charge >= 0.3 is 0 Å². The fourth-order valence-corrected chi connectivity index (χ4v) is 3.09. The maximum atomic E-state index is 5.74. The maximum Gasteiger partial charge on any atom is 0.0492 e. The Labute approximate surface area is 110 Å². The Morgan fingerprint density at radius 2 is 2.17 bits per heavy atom. The molecule has 4 heteroatoms. The lowest BCUT2D eigenvalue weighted by molar-refractivity contribution is 0.223. The average molecular weight is 250 g/mol. The van der Waals surface area contributed by atoms with E-state index < -0.39 is 0 Å². The second kappa shape index (κ2) is 6.34. The summed E-state index contributed by atoms with van der Waals surface area (Å²) in [6.07, 6.45) is 9.38. The summed E-state index contributed by atoms with van der Waals surface area (Å²) in [4.78, 5) is 0. The molecule has 0 saturated heterocycles. The Morgan fingerprint density at radius 1 is 1.44 bits per heavy atom. The van der Waals surface area contributed by atoms with Crippen LogP contribution in [0.15, 0.2) is 12.3 Å². The minimum absolute atomic E-state index is 0.451. The molecule has 1 fully saturated rings. The van der Waals surface area contributed by atoms with E-state index in [1.807, 2.05) is 17.9 Å².